The highest BCUT2D eigenvalue weighted by Gasteiger charge is 2.10. The van der Waals surface area contributed by atoms with Crippen molar-refractivity contribution in [3.8, 4) is 17.2 Å². The van der Waals surface area contributed by atoms with Crippen LogP contribution in [0.1, 0.15) is 29.3 Å². The summed E-state index contributed by atoms with van der Waals surface area (Å²) in [6.45, 7) is 1.50. The van der Waals surface area contributed by atoms with Crippen LogP contribution in [-0.2, 0) is 4.79 Å². The van der Waals surface area contributed by atoms with E-state index >= 15 is 0 Å². The fourth-order valence-corrected chi connectivity index (χ4v) is 2.36. The number of carbonyl (C=O) groups is 2. The summed E-state index contributed by atoms with van der Waals surface area (Å²) < 4.78 is 15.4. The van der Waals surface area contributed by atoms with Gasteiger partial charge in [0.25, 0.3) is 5.91 Å². The van der Waals surface area contributed by atoms with Gasteiger partial charge in [-0.05, 0) is 48.4 Å². The number of carbonyl (C=O) groups excluding carboxylic acids is 1. The lowest BCUT2D eigenvalue weighted by atomic mass is 10.1. The number of carboxylic acids is 1. The Morgan fingerprint density at radius 3 is 2.07 bits per heavy atom. The Bertz CT molecular complexity index is 839. The van der Waals surface area contributed by atoms with Crippen LogP contribution in [0.4, 0.5) is 0 Å². The van der Waals surface area contributed by atoms with E-state index in [1.807, 2.05) is 6.92 Å². The second-order valence-electron chi connectivity index (χ2n) is 5.66. The van der Waals surface area contributed by atoms with Crippen molar-refractivity contribution in [1.29, 1.82) is 0 Å². The van der Waals surface area contributed by atoms with Crippen molar-refractivity contribution < 1.29 is 28.9 Å². The monoisotopic (exact) mass is 386 g/mol. The number of methoxy groups -OCH3 is 2. The number of hydrazone groups is 1. The lowest BCUT2D eigenvalue weighted by Gasteiger charge is -2.09. The first-order valence-electron chi connectivity index (χ1n) is 8.51. The first-order chi connectivity index (χ1) is 13.5. The molecular formula is C20H22N2O6. The molecule has 0 aliphatic carbocycles. The molecule has 0 aliphatic heterocycles. The molecule has 0 fully saturated rings. The first kappa shape index (κ1) is 20.8. The molecule has 2 aromatic carbocycles. The predicted octanol–water partition coefficient (Wildman–Crippen LogP) is 2.71. The molecule has 0 spiro atoms. The van der Waals surface area contributed by atoms with Crippen LogP contribution in [0.2, 0.25) is 0 Å². The van der Waals surface area contributed by atoms with Gasteiger partial charge >= 0.3 is 5.97 Å². The minimum absolute atomic E-state index is 0.354. The third-order valence-corrected chi connectivity index (χ3v) is 3.79. The smallest absolute Gasteiger partial charge is 0.341 e. The van der Waals surface area contributed by atoms with Gasteiger partial charge in [0, 0.05) is 11.6 Å². The molecule has 8 heteroatoms. The highest BCUT2D eigenvalue weighted by Crippen LogP contribution is 2.22. The van der Waals surface area contributed by atoms with Crippen molar-refractivity contribution in [3.63, 3.8) is 0 Å². The van der Waals surface area contributed by atoms with Crippen LogP contribution < -0.4 is 19.6 Å². The molecule has 28 heavy (non-hydrogen) atoms. The zero-order valence-electron chi connectivity index (χ0n) is 15.9. The number of aliphatic carboxylic acids is 1. The summed E-state index contributed by atoms with van der Waals surface area (Å²) in [7, 11) is 3.02. The number of hydrogen-bond acceptors (Lipinski definition) is 6. The van der Waals surface area contributed by atoms with Crippen LogP contribution in [0, 0.1) is 0 Å². The van der Waals surface area contributed by atoms with Gasteiger partial charge in [-0.1, -0.05) is 6.92 Å². The third-order valence-electron chi connectivity index (χ3n) is 3.79. The summed E-state index contributed by atoms with van der Waals surface area (Å²) >= 11 is 0. The molecule has 0 aliphatic rings. The fraction of sp³-hybridized carbons (Fsp3) is 0.250. The van der Waals surface area contributed by atoms with E-state index in [2.05, 4.69) is 10.5 Å². The number of rotatable bonds is 9. The normalized spacial score (nSPS) is 10.9. The number of benzene rings is 2. The van der Waals surface area contributed by atoms with Crippen molar-refractivity contribution in [2.45, 2.75) is 13.3 Å². The van der Waals surface area contributed by atoms with Crippen molar-refractivity contribution >= 4 is 17.6 Å². The molecule has 0 unspecified atom stereocenters. The number of hydrogen-bond donors (Lipinski definition) is 2. The highest BCUT2D eigenvalue weighted by molar-refractivity contribution is 6.02. The Hall–Kier alpha value is -3.55. The predicted molar refractivity (Wildman–Crippen MR) is 103 cm³/mol. The Morgan fingerprint density at radius 1 is 0.964 bits per heavy atom. The van der Waals surface area contributed by atoms with Gasteiger partial charge in [-0.25, -0.2) is 10.2 Å². The van der Waals surface area contributed by atoms with E-state index < -0.39 is 18.5 Å². The van der Waals surface area contributed by atoms with E-state index in [0.29, 0.717) is 34.9 Å². The van der Waals surface area contributed by atoms with Gasteiger partial charge in [0.05, 0.1) is 19.9 Å². The molecule has 0 heterocycles. The Balaban J connectivity index is 2.12. The topological polar surface area (TPSA) is 106 Å². The van der Waals surface area contributed by atoms with Crippen molar-refractivity contribution in [3.05, 3.63) is 53.6 Å². The van der Waals surface area contributed by atoms with Crippen LogP contribution in [0.25, 0.3) is 0 Å². The SMILES string of the molecule is CC/C(=N/NC(=O)c1cc(OC)cc(OC)c1)c1ccc(OCC(=O)O)cc1. The van der Waals surface area contributed by atoms with Crippen molar-refractivity contribution in [2.24, 2.45) is 5.10 Å². The van der Waals surface area contributed by atoms with E-state index in [1.54, 1.807) is 42.5 Å². The standard InChI is InChI=1S/C20H22N2O6/c1-4-18(13-5-7-15(8-6-13)28-12-19(23)24)21-22-20(25)14-9-16(26-2)11-17(10-14)27-3/h5-11H,4,12H2,1-3H3,(H,22,25)(H,23,24)/b21-18-. The maximum atomic E-state index is 12.4. The molecule has 0 aromatic heterocycles. The lowest BCUT2D eigenvalue weighted by Crippen LogP contribution is -2.20. The van der Waals surface area contributed by atoms with E-state index in [9.17, 15) is 9.59 Å². The molecular weight excluding hydrogens is 364 g/mol. The molecule has 0 saturated carbocycles. The average molecular weight is 386 g/mol. The lowest BCUT2D eigenvalue weighted by molar-refractivity contribution is -0.139. The third kappa shape index (κ3) is 5.73. The number of ether oxygens (including phenoxy) is 3. The van der Waals surface area contributed by atoms with Gasteiger partial charge in [-0.2, -0.15) is 5.10 Å². The molecule has 148 valence electrons. The maximum absolute atomic E-state index is 12.4. The fourth-order valence-electron chi connectivity index (χ4n) is 2.36. The van der Waals surface area contributed by atoms with Gasteiger partial charge in [0.15, 0.2) is 6.61 Å². The van der Waals surface area contributed by atoms with Crippen LogP contribution in [0.3, 0.4) is 0 Å². The Morgan fingerprint density at radius 2 is 1.57 bits per heavy atom. The van der Waals surface area contributed by atoms with E-state index in [1.165, 1.54) is 14.2 Å². The second kappa shape index (κ2) is 9.96. The summed E-state index contributed by atoms with van der Waals surface area (Å²) in [5.74, 6) is -0.00210. The summed E-state index contributed by atoms with van der Waals surface area (Å²) in [6, 6.07) is 11.7. The molecule has 0 radical (unpaired) electrons. The van der Waals surface area contributed by atoms with Crippen molar-refractivity contribution in [1.82, 2.24) is 5.43 Å². The summed E-state index contributed by atoms with van der Waals surface area (Å²) in [5.41, 5.74) is 4.34. The Kier molecular flexibility index (Phi) is 7.38. The minimum Gasteiger partial charge on any atom is -0.497 e. The summed E-state index contributed by atoms with van der Waals surface area (Å²) in [6.07, 6.45) is 0.580. The summed E-state index contributed by atoms with van der Waals surface area (Å²) in [5, 5.41) is 12.8. The zero-order chi connectivity index (χ0) is 20.5. The van der Waals surface area contributed by atoms with Crippen LogP contribution in [0.5, 0.6) is 17.2 Å². The average Bonchev–Trinajstić information content (AvgIpc) is 2.72. The summed E-state index contributed by atoms with van der Waals surface area (Å²) in [4.78, 5) is 23.0. The van der Waals surface area contributed by atoms with Crippen LogP contribution in [0.15, 0.2) is 47.6 Å². The van der Waals surface area contributed by atoms with Crippen LogP contribution >= 0.6 is 0 Å². The number of amides is 1. The number of nitrogens with zero attached hydrogens (tertiary/aromatic N) is 1. The molecule has 0 saturated heterocycles. The van der Waals surface area contributed by atoms with Crippen molar-refractivity contribution in [2.75, 3.05) is 20.8 Å². The number of carboxylic acid groups (broad SMARTS) is 1. The molecule has 2 N–H and O–H groups in total. The zero-order valence-corrected chi connectivity index (χ0v) is 15.9. The molecule has 0 atom stereocenters. The molecule has 2 aromatic rings. The van der Waals surface area contributed by atoms with Gasteiger partial charge < -0.3 is 19.3 Å². The van der Waals surface area contributed by atoms with Gasteiger partial charge in [-0.15, -0.1) is 0 Å². The Labute approximate surface area is 162 Å². The minimum atomic E-state index is -1.04. The first-order valence-corrected chi connectivity index (χ1v) is 8.51. The van der Waals surface area contributed by atoms with E-state index in [0.717, 1.165) is 5.56 Å². The largest absolute Gasteiger partial charge is 0.497 e. The van der Waals surface area contributed by atoms with Crippen LogP contribution in [-0.4, -0.2) is 43.5 Å². The van der Waals surface area contributed by atoms with Gasteiger partial charge in [0.2, 0.25) is 0 Å². The highest BCUT2D eigenvalue weighted by atomic mass is 16.5. The van der Waals surface area contributed by atoms with Gasteiger partial charge in [-0.3, -0.25) is 4.79 Å². The maximum Gasteiger partial charge on any atom is 0.341 e. The molecule has 0 bridgehead atoms. The van der Waals surface area contributed by atoms with E-state index in [-0.39, 0.29) is 0 Å². The van der Waals surface area contributed by atoms with Gasteiger partial charge in [0.1, 0.15) is 17.2 Å². The molecule has 2 rings (SSSR count). The van der Waals surface area contributed by atoms with E-state index in [4.69, 9.17) is 19.3 Å². The quantitative estimate of drug-likeness (QED) is 0.507. The molecule has 1 amide bonds. The number of nitrogens with one attached hydrogen (secondary N) is 1. The second-order valence-corrected chi connectivity index (χ2v) is 5.66. The molecule has 8 nitrogen and oxygen atoms in total.